The number of phenols is 2. The predicted octanol–water partition coefficient (Wildman–Crippen LogP) is 4.93. The lowest BCUT2D eigenvalue weighted by molar-refractivity contribution is -0.148. The third-order valence-corrected chi connectivity index (χ3v) is 6.54. The van der Waals surface area contributed by atoms with Crippen LogP contribution in [-0.2, 0) is 19.1 Å². The lowest BCUT2D eigenvalue weighted by Gasteiger charge is -2.26. The molecule has 1 aromatic rings. The molecule has 1 aliphatic rings. The van der Waals surface area contributed by atoms with Crippen LogP contribution in [0.5, 0.6) is 11.5 Å². The summed E-state index contributed by atoms with van der Waals surface area (Å²) in [5.41, 5.74) is 13.3. The fourth-order valence-corrected chi connectivity index (χ4v) is 4.40. The zero-order valence-electron chi connectivity index (χ0n) is 23.3. The van der Waals surface area contributed by atoms with Gasteiger partial charge in [0.1, 0.15) is 23.7 Å². The summed E-state index contributed by atoms with van der Waals surface area (Å²) in [5.74, 6) is -2.08. The molecule has 1 aromatic carbocycles. The fourth-order valence-electron chi connectivity index (χ4n) is 4.40. The Morgan fingerprint density at radius 1 is 1.10 bits per heavy atom. The van der Waals surface area contributed by atoms with Gasteiger partial charge < -0.3 is 36.5 Å². The van der Waals surface area contributed by atoms with Gasteiger partial charge in [-0.25, -0.2) is 4.79 Å². The number of nitrogens with two attached hydrogens (primary N) is 2. The number of carbonyl (C=O) groups is 3. The van der Waals surface area contributed by atoms with Crippen LogP contribution >= 0.6 is 0 Å². The molecule has 10 heteroatoms. The number of rotatable bonds is 2. The summed E-state index contributed by atoms with van der Waals surface area (Å²) in [5, 5.41) is 23.8. The molecule has 0 saturated heterocycles. The Labute approximate surface area is 229 Å². The van der Waals surface area contributed by atoms with E-state index in [1.54, 1.807) is 31.2 Å². The van der Waals surface area contributed by atoms with Gasteiger partial charge in [-0.2, -0.15) is 0 Å². The molecule has 0 spiro atoms. The van der Waals surface area contributed by atoms with Crippen LogP contribution in [0, 0.1) is 11.8 Å². The van der Waals surface area contributed by atoms with E-state index >= 15 is 0 Å². The smallest absolute Gasteiger partial charge is 0.405 e. The second-order valence-electron chi connectivity index (χ2n) is 9.97. The first-order chi connectivity index (χ1) is 18.2. The van der Waals surface area contributed by atoms with Crippen LogP contribution in [0.3, 0.4) is 0 Å². The molecule has 0 aliphatic carbocycles. The number of hydrogen-bond acceptors (Lipinski definition) is 8. The number of primary amides is 1. The van der Waals surface area contributed by atoms with Crippen molar-refractivity contribution < 1.29 is 34.1 Å². The maximum atomic E-state index is 12.8. The largest absolute Gasteiger partial charge is 0.506 e. The van der Waals surface area contributed by atoms with E-state index in [0.29, 0.717) is 18.4 Å². The Balaban J connectivity index is 2.64. The number of aromatic hydroxyl groups is 2. The Morgan fingerprint density at radius 2 is 1.77 bits per heavy atom. The highest BCUT2D eigenvalue weighted by atomic mass is 16.6. The molecular weight excluding hydrogens is 502 g/mol. The molecular formula is C29H39N3O7. The number of phenolic OH excluding ortho intramolecular Hbond substituents is 2. The van der Waals surface area contributed by atoms with Crippen LogP contribution in [-0.4, -0.2) is 40.4 Å². The number of ether oxygens (including phenoxy) is 2. The summed E-state index contributed by atoms with van der Waals surface area (Å²) in [4.78, 5) is 36.3. The van der Waals surface area contributed by atoms with Gasteiger partial charge in [0.25, 0.3) is 5.91 Å². The molecule has 39 heavy (non-hydrogen) atoms. The number of benzene rings is 1. The lowest BCUT2D eigenvalue weighted by Crippen LogP contribution is -2.30. The molecule has 212 valence electrons. The van der Waals surface area contributed by atoms with Crippen molar-refractivity contribution in [2.75, 3.05) is 11.1 Å². The van der Waals surface area contributed by atoms with Crippen molar-refractivity contribution in [1.82, 2.24) is 0 Å². The molecule has 0 saturated carbocycles. The highest BCUT2D eigenvalue weighted by Crippen LogP contribution is 2.40. The lowest BCUT2D eigenvalue weighted by atomic mass is 9.91. The summed E-state index contributed by atoms with van der Waals surface area (Å²) in [6.07, 6.45) is 7.29. The first-order valence-corrected chi connectivity index (χ1v) is 12.7. The standard InChI is InChI=1S/C29H39N3O7/c1-15-10-11-24(38-20(6)33)18(4)13-19(5)27(39-29(31)37)16(2)8-7-9-17(3)28(36)32-22-14-23(34)25(30)21(12-15)26(22)35/h7-9,12-14,16,18,24,27,34-35H,10-11,30H2,1-6H3,(H2,31,37)(H,32,36)/b8-7?,15-12-,17-9+,19-13?. The van der Waals surface area contributed by atoms with Gasteiger partial charge in [0.05, 0.1) is 11.4 Å². The number of fused-ring (bicyclic) bond motifs is 2. The molecule has 0 aromatic heterocycles. The van der Waals surface area contributed by atoms with Crippen LogP contribution < -0.4 is 16.8 Å². The zero-order chi connectivity index (χ0) is 29.4. The van der Waals surface area contributed by atoms with E-state index in [1.807, 2.05) is 33.8 Å². The number of nitrogens with one attached hydrogen (secondary N) is 1. The van der Waals surface area contributed by atoms with Crippen LogP contribution in [0.25, 0.3) is 6.08 Å². The number of esters is 1. The first kappa shape index (κ1) is 31.0. The topological polar surface area (TPSA) is 174 Å². The summed E-state index contributed by atoms with van der Waals surface area (Å²) in [6.45, 7) is 10.3. The molecule has 0 fully saturated rings. The van der Waals surface area contributed by atoms with Gasteiger partial charge in [-0.1, -0.05) is 49.8 Å². The average molecular weight is 542 g/mol. The molecule has 2 rings (SSSR count). The Kier molecular flexibility index (Phi) is 10.8. The van der Waals surface area contributed by atoms with Gasteiger partial charge in [0.15, 0.2) is 0 Å². The normalized spacial score (nSPS) is 25.8. The molecule has 4 atom stereocenters. The molecule has 2 amide bonds. The number of allylic oxidation sites excluding steroid dienone is 3. The number of hydrogen-bond donors (Lipinski definition) is 5. The first-order valence-electron chi connectivity index (χ1n) is 12.7. The van der Waals surface area contributed by atoms with Crippen LogP contribution in [0.15, 0.2) is 47.1 Å². The van der Waals surface area contributed by atoms with Gasteiger partial charge in [-0.15, -0.1) is 0 Å². The molecule has 1 aliphatic heterocycles. The second kappa shape index (κ2) is 13.5. The minimum Gasteiger partial charge on any atom is -0.506 e. The molecule has 0 radical (unpaired) electrons. The highest BCUT2D eigenvalue weighted by molar-refractivity contribution is 6.05. The van der Waals surface area contributed by atoms with Gasteiger partial charge in [0.2, 0.25) is 0 Å². The van der Waals surface area contributed by atoms with Crippen molar-refractivity contribution in [3.05, 3.63) is 52.7 Å². The Morgan fingerprint density at radius 3 is 2.38 bits per heavy atom. The van der Waals surface area contributed by atoms with E-state index in [2.05, 4.69) is 5.32 Å². The second-order valence-corrected chi connectivity index (χ2v) is 9.97. The van der Waals surface area contributed by atoms with Gasteiger partial charge >= 0.3 is 12.1 Å². The minimum absolute atomic E-state index is 0.00470. The maximum absolute atomic E-state index is 12.8. The average Bonchev–Trinajstić information content (AvgIpc) is 2.84. The summed E-state index contributed by atoms with van der Waals surface area (Å²) >= 11 is 0. The third kappa shape index (κ3) is 8.66. The Hall–Kier alpha value is -4.21. The third-order valence-electron chi connectivity index (χ3n) is 6.54. The minimum atomic E-state index is -0.925. The quantitative estimate of drug-likeness (QED) is 0.115. The SMILES string of the molecule is CC(=O)OC1CC/C(C)=C\c2c(N)c(O)cc(c2O)NC(=O)/C(C)=C/C=CC(C)C(OC(N)=O)C(C)=CC1C. The van der Waals surface area contributed by atoms with E-state index in [4.69, 9.17) is 20.9 Å². The fraction of sp³-hybridized carbons (Fsp3) is 0.414. The van der Waals surface area contributed by atoms with E-state index in [-0.39, 0.29) is 40.3 Å². The van der Waals surface area contributed by atoms with Gasteiger partial charge in [-0.3, -0.25) is 9.59 Å². The zero-order valence-corrected chi connectivity index (χ0v) is 23.3. The van der Waals surface area contributed by atoms with Crippen molar-refractivity contribution in [2.45, 2.75) is 66.6 Å². The van der Waals surface area contributed by atoms with Crippen molar-refractivity contribution in [1.29, 1.82) is 0 Å². The summed E-state index contributed by atoms with van der Waals surface area (Å²) < 4.78 is 11.0. The van der Waals surface area contributed by atoms with Crippen LogP contribution in [0.2, 0.25) is 0 Å². The summed E-state index contributed by atoms with van der Waals surface area (Å²) in [7, 11) is 0. The van der Waals surface area contributed by atoms with Crippen molar-refractivity contribution >= 4 is 35.4 Å². The van der Waals surface area contributed by atoms with Crippen molar-refractivity contribution in [3.8, 4) is 11.5 Å². The van der Waals surface area contributed by atoms with Crippen LogP contribution in [0.4, 0.5) is 16.2 Å². The van der Waals surface area contributed by atoms with Crippen LogP contribution in [0.1, 0.15) is 59.9 Å². The van der Waals surface area contributed by atoms with E-state index in [0.717, 1.165) is 11.1 Å². The monoisotopic (exact) mass is 541 g/mol. The van der Waals surface area contributed by atoms with E-state index < -0.39 is 30.2 Å². The van der Waals surface area contributed by atoms with E-state index in [1.165, 1.54) is 13.0 Å². The maximum Gasteiger partial charge on any atom is 0.405 e. The highest BCUT2D eigenvalue weighted by Gasteiger charge is 2.25. The Bertz CT molecular complexity index is 1230. The predicted molar refractivity (Wildman–Crippen MR) is 151 cm³/mol. The molecule has 4 unspecified atom stereocenters. The number of anilines is 2. The molecule has 10 nitrogen and oxygen atoms in total. The van der Waals surface area contributed by atoms with Gasteiger partial charge in [0, 0.05) is 36.0 Å². The number of amides is 2. The molecule has 7 N–H and O–H groups in total. The van der Waals surface area contributed by atoms with E-state index in [9.17, 15) is 24.6 Å². The number of carbonyl (C=O) groups excluding carboxylic acids is 3. The van der Waals surface area contributed by atoms with Crippen molar-refractivity contribution in [3.63, 3.8) is 0 Å². The van der Waals surface area contributed by atoms with Crippen molar-refractivity contribution in [2.24, 2.45) is 17.6 Å². The summed E-state index contributed by atoms with van der Waals surface area (Å²) in [6, 6.07) is 1.18. The molecule has 2 bridgehead atoms. The number of nitrogen functional groups attached to an aromatic ring is 1. The van der Waals surface area contributed by atoms with Gasteiger partial charge in [-0.05, 0) is 39.2 Å². The molecule has 1 heterocycles.